The van der Waals surface area contributed by atoms with E-state index in [9.17, 15) is 4.79 Å². The fraction of sp³-hybridized carbons (Fsp3) is 0.312. The molecule has 102 valence electrons. The van der Waals surface area contributed by atoms with Crippen molar-refractivity contribution in [2.24, 2.45) is 0 Å². The van der Waals surface area contributed by atoms with Crippen molar-refractivity contribution in [1.29, 1.82) is 0 Å². The molecule has 1 aromatic rings. The minimum Gasteiger partial charge on any atom is -0.457 e. The molecule has 0 fully saturated rings. The fourth-order valence-electron chi connectivity index (χ4n) is 1.78. The zero-order valence-electron chi connectivity index (χ0n) is 11.8. The summed E-state index contributed by atoms with van der Waals surface area (Å²) in [5.74, 6) is -0.365. The van der Waals surface area contributed by atoms with Crippen LogP contribution in [-0.4, -0.2) is 37.7 Å². The third kappa shape index (κ3) is 5.53. The van der Waals surface area contributed by atoms with Crippen LogP contribution in [0.15, 0.2) is 43.5 Å². The lowest BCUT2D eigenvalue weighted by Gasteiger charge is -2.29. The lowest BCUT2D eigenvalue weighted by atomic mass is 10.1. The zero-order valence-corrected chi connectivity index (χ0v) is 11.8. The maximum Gasteiger partial charge on any atom is 0.330 e. The van der Waals surface area contributed by atoms with Gasteiger partial charge in [0.25, 0.3) is 0 Å². The van der Waals surface area contributed by atoms with Gasteiger partial charge in [-0.25, -0.2) is 4.79 Å². The summed E-state index contributed by atoms with van der Waals surface area (Å²) in [5, 5.41) is 0. The highest BCUT2D eigenvalue weighted by Gasteiger charge is 2.16. The smallest absolute Gasteiger partial charge is 0.330 e. The van der Waals surface area contributed by atoms with Crippen molar-refractivity contribution in [1.82, 2.24) is 0 Å². The van der Waals surface area contributed by atoms with Crippen molar-refractivity contribution in [2.75, 3.05) is 27.2 Å². The number of rotatable bonds is 7. The molecule has 0 bridgehead atoms. The third-order valence-electron chi connectivity index (χ3n) is 2.93. The summed E-state index contributed by atoms with van der Waals surface area (Å²) in [7, 11) is 4.23. The first-order valence-corrected chi connectivity index (χ1v) is 6.29. The van der Waals surface area contributed by atoms with E-state index in [1.807, 2.05) is 6.08 Å². The maximum atomic E-state index is 11.0. The van der Waals surface area contributed by atoms with Gasteiger partial charge in [0.05, 0.1) is 14.1 Å². The number of likely N-dealkylation sites (N-methyl/N-ethyl adjacent to an activating group) is 1. The molecule has 0 aliphatic heterocycles. The van der Waals surface area contributed by atoms with Crippen LogP contribution in [0.5, 0.6) is 0 Å². The monoisotopic (exact) mass is 260 g/mol. The zero-order chi connectivity index (χ0) is 14.3. The highest BCUT2D eigenvalue weighted by molar-refractivity contribution is 5.81. The van der Waals surface area contributed by atoms with Crippen molar-refractivity contribution < 1.29 is 14.0 Å². The average molecular weight is 260 g/mol. The predicted octanol–water partition coefficient (Wildman–Crippen LogP) is 2.64. The quantitative estimate of drug-likeness (QED) is 0.428. The molecule has 0 spiro atoms. The van der Waals surface area contributed by atoms with Crippen LogP contribution in [0.1, 0.15) is 11.1 Å². The lowest BCUT2D eigenvalue weighted by Crippen LogP contribution is -2.41. The SMILES string of the molecule is C=CC(=O)OCC[N+](C)(C)Cc1ccc(C=C)cc1. The molecule has 1 rings (SSSR count). The highest BCUT2D eigenvalue weighted by Crippen LogP contribution is 2.11. The predicted molar refractivity (Wildman–Crippen MR) is 78.4 cm³/mol. The Kier molecular flexibility index (Phi) is 5.52. The van der Waals surface area contributed by atoms with Gasteiger partial charge in [0, 0.05) is 11.6 Å². The molecule has 0 unspecified atom stereocenters. The van der Waals surface area contributed by atoms with E-state index in [0.717, 1.165) is 23.1 Å². The molecule has 3 nitrogen and oxygen atoms in total. The molecular weight excluding hydrogens is 238 g/mol. The Labute approximate surface area is 115 Å². The minimum atomic E-state index is -0.365. The van der Waals surface area contributed by atoms with Crippen molar-refractivity contribution in [3.05, 3.63) is 54.6 Å². The number of ether oxygens (including phenoxy) is 1. The minimum absolute atomic E-state index is 0.365. The van der Waals surface area contributed by atoms with Gasteiger partial charge in [-0.2, -0.15) is 0 Å². The summed E-state index contributed by atoms with van der Waals surface area (Å²) < 4.78 is 5.78. The van der Waals surface area contributed by atoms with E-state index in [2.05, 4.69) is 51.5 Å². The molecule has 1 aromatic carbocycles. The van der Waals surface area contributed by atoms with Crippen LogP contribution in [0.4, 0.5) is 0 Å². The molecule has 0 aliphatic rings. The van der Waals surface area contributed by atoms with Gasteiger partial charge < -0.3 is 9.22 Å². The number of nitrogens with zero attached hydrogens (tertiary/aromatic N) is 1. The topological polar surface area (TPSA) is 26.3 Å². The number of carbonyl (C=O) groups excluding carboxylic acids is 1. The molecule has 0 radical (unpaired) electrons. The van der Waals surface area contributed by atoms with E-state index in [0.29, 0.717) is 6.61 Å². The van der Waals surface area contributed by atoms with Crippen LogP contribution >= 0.6 is 0 Å². The number of hydrogen-bond donors (Lipinski definition) is 0. The molecular formula is C16H22NO2+. The fourth-order valence-corrected chi connectivity index (χ4v) is 1.78. The van der Waals surface area contributed by atoms with Gasteiger partial charge in [-0.15, -0.1) is 0 Å². The molecule has 0 aliphatic carbocycles. The summed E-state index contributed by atoms with van der Waals surface area (Å²) >= 11 is 0. The summed E-state index contributed by atoms with van der Waals surface area (Å²) in [6, 6.07) is 8.32. The maximum absolute atomic E-state index is 11.0. The normalized spacial score (nSPS) is 10.8. The van der Waals surface area contributed by atoms with Crippen molar-refractivity contribution in [3.63, 3.8) is 0 Å². The van der Waals surface area contributed by atoms with Gasteiger partial charge in [-0.1, -0.05) is 43.5 Å². The number of quaternary nitrogens is 1. The number of esters is 1. The van der Waals surface area contributed by atoms with E-state index in [-0.39, 0.29) is 5.97 Å². The average Bonchev–Trinajstić information content (AvgIpc) is 2.38. The second-order valence-electron chi connectivity index (χ2n) is 5.13. The Morgan fingerprint density at radius 3 is 2.42 bits per heavy atom. The van der Waals surface area contributed by atoms with E-state index < -0.39 is 0 Å². The standard InChI is InChI=1S/C16H22NO2/c1-5-14-7-9-15(10-8-14)13-17(3,4)11-12-19-16(18)6-2/h5-10H,1-2,11-13H2,3-4H3/q+1. The summed E-state index contributed by atoms with van der Waals surface area (Å²) in [6.07, 6.45) is 3.02. The van der Waals surface area contributed by atoms with E-state index >= 15 is 0 Å². The Morgan fingerprint density at radius 1 is 1.26 bits per heavy atom. The molecule has 0 N–H and O–H groups in total. The highest BCUT2D eigenvalue weighted by atomic mass is 16.5. The van der Waals surface area contributed by atoms with Crippen LogP contribution in [0.2, 0.25) is 0 Å². The first kappa shape index (κ1) is 15.2. The van der Waals surface area contributed by atoms with Gasteiger partial charge in [-0.05, 0) is 5.56 Å². The number of benzene rings is 1. The summed E-state index contributed by atoms with van der Waals surface area (Å²) in [5.41, 5.74) is 2.37. The van der Waals surface area contributed by atoms with Crippen molar-refractivity contribution in [3.8, 4) is 0 Å². The van der Waals surface area contributed by atoms with E-state index in [1.54, 1.807) is 0 Å². The first-order chi connectivity index (χ1) is 8.96. The lowest BCUT2D eigenvalue weighted by molar-refractivity contribution is -0.903. The van der Waals surface area contributed by atoms with Crippen molar-refractivity contribution in [2.45, 2.75) is 6.54 Å². The Bertz CT molecular complexity index is 446. The van der Waals surface area contributed by atoms with E-state index in [4.69, 9.17) is 4.74 Å². The molecule has 0 saturated heterocycles. The molecule has 0 atom stereocenters. The van der Waals surface area contributed by atoms with Crippen LogP contribution < -0.4 is 0 Å². The van der Waals surface area contributed by atoms with Gasteiger partial charge in [0.15, 0.2) is 0 Å². The van der Waals surface area contributed by atoms with Crippen LogP contribution in [0.25, 0.3) is 6.08 Å². The van der Waals surface area contributed by atoms with Gasteiger partial charge in [0.1, 0.15) is 19.7 Å². The van der Waals surface area contributed by atoms with Gasteiger partial charge in [-0.3, -0.25) is 0 Å². The Hall–Kier alpha value is -1.87. The Balaban J connectivity index is 2.50. The van der Waals surface area contributed by atoms with Crippen LogP contribution in [-0.2, 0) is 16.1 Å². The van der Waals surface area contributed by atoms with Gasteiger partial charge >= 0.3 is 5.97 Å². The van der Waals surface area contributed by atoms with Crippen LogP contribution in [0.3, 0.4) is 0 Å². The van der Waals surface area contributed by atoms with Crippen molar-refractivity contribution >= 4 is 12.0 Å². The first-order valence-electron chi connectivity index (χ1n) is 6.29. The summed E-state index contributed by atoms with van der Waals surface area (Å²) in [4.78, 5) is 11.0. The molecule has 0 saturated carbocycles. The molecule has 0 heterocycles. The second kappa shape index (κ2) is 6.90. The largest absolute Gasteiger partial charge is 0.457 e. The van der Waals surface area contributed by atoms with Crippen LogP contribution in [0, 0.1) is 0 Å². The second-order valence-corrected chi connectivity index (χ2v) is 5.13. The Morgan fingerprint density at radius 2 is 1.89 bits per heavy atom. The van der Waals surface area contributed by atoms with E-state index in [1.165, 1.54) is 11.6 Å². The number of hydrogen-bond acceptors (Lipinski definition) is 2. The molecule has 3 heteroatoms. The van der Waals surface area contributed by atoms with Gasteiger partial charge in [0.2, 0.25) is 0 Å². The molecule has 19 heavy (non-hydrogen) atoms. The third-order valence-corrected chi connectivity index (χ3v) is 2.93. The molecule has 0 aromatic heterocycles. The molecule has 0 amide bonds. The number of carbonyl (C=O) groups is 1. The summed E-state index contributed by atoms with van der Waals surface area (Å²) in [6.45, 7) is 9.18.